The number of esters is 1. The summed E-state index contributed by atoms with van der Waals surface area (Å²) in [6, 6.07) is 3.97. The average molecular weight is 230 g/mol. The molecule has 0 fully saturated rings. The number of hydrogen-bond donors (Lipinski definition) is 0. The van der Waals surface area contributed by atoms with Crippen molar-refractivity contribution in [2.45, 2.75) is 38.7 Å². The van der Waals surface area contributed by atoms with Gasteiger partial charge in [0, 0.05) is 12.0 Å². The maximum absolute atomic E-state index is 11.7. The standard InChI is InChI=1S/C14H14O3/c1-2-10-11-6-12-8(3-4-13(12)15)5-9(11)7-17-14(10)16/h5-6,10H,2-4,7H2,1H3/t10-/m0/s1. The minimum absolute atomic E-state index is 0.162. The first-order valence-electron chi connectivity index (χ1n) is 6.06. The Morgan fingerprint density at radius 3 is 2.82 bits per heavy atom. The minimum atomic E-state index is -0.197. The molecule has 0 aromatic heterocycles. The molecule has 1 aliphatic carbocycles. The van der Waals surface area contributed by atoms with E-state index in [0.29, 0.717) is 13.0 Å². The molecule has 0 radical (unpaired) electrons. The number of hydrogen-bond acceptors (Lipinski definition) is 3. The summed E-state index contributed by atoms with van der Waals surface area (Å²) in [7, 11) is 0. The summed E-state index contributed by atoms with van der Waals surface area (Å²) >= 11 is 0. The van der Waals surface area contributed by atoms with Gasteiger partial charge in [0.2, 0.25) is 0 Å². The molecule has 1 heterocycles. The second-order valence-electron chi connectivity index (χ2n) is 4.70. The second kappa shape index (κ2) is 3.69. The van der Waals surface area contributed by atoms with Crippen molar-refractivity contribution in [3.63, 3.8) is 0 Å². The maximum atomic E-state index is 11.7. The Bertz CT molecular complexity index is 516. The van der Waals surface area contributed by atoms with Gasteiger partial charge in [-0.15, -0.1) is 0 Å². The summed E-state index contributed by atoms with van der Waals surface area (Å²) in [5.74, 6) is -0.153. The number of benzene rings is 1. The molecule has 3 rings (SSSR count). The first-order chi connectivity index (χ1) is 8.20. The van der Waals surface area contributed by atoms with E-state index >= 15 is 0 Å². The fourth-order valence-corrected chi connectivity index (χ4v) is 2.77. The third-order valence-corrected chi connectivity index (χ3v) is 3.72. The first-order valence-corrected chi connectivity index (χ1v) is 6.06. The van der Waals surface area contributed by atoms with Gasteiger partial charge in [-0.05, 0) is 35.6 Å². The normalized spacial score (nSPS) is 22.1. The number of carbonyl (C=O) groups is 2. The van der Waals surface area contributed by atoms with Crippen LogP contribution in [0.5, 0.6) is 0 Å². The molecule has 0 bridgehead atoms. The van der Waals surface area contributed by atoms with Crippen molar-refractivity contribution in [1.82, 2.24) is 0 Å². The van der Waals surface area contributed by atoms with Crippen molar-refractivity contribution in [2.24, 2.45) is 0 Å². The zero-order valence-electron chi connectivity index (χ0n) is 9.79. The van der Waals surface area contributed by atoms with Crippen molar-refractivity contribution in [3.05, 3.63) is 34.4 Å². The minimum Gasteiger partial charge on any atom is -0.460 e. The highest BCUT2D eigenvalue weighted by molar-refractivity contribution is 6.01. The maximum Gasteiger partial charge on any atom is 0.313 e. The molecule has 0 unspecified atom stereocenters. The third-order valence-electron chi connectivity index (χ3n) is 3.72. The molecular weight excluding hydrogens is 216 g/mol. The van der Waals surface area contributed by atoms with E-state index in [1.165, 1.54) is 0 Å². The molecule has 0 saturated heterocycles. The van der Waals surface area contributed by atoms with Gasteiger partial charge in [0.05, 0.1) is 5.92 Å². The molecule has 3 heteroatoms. The summed E-state index contributed by atoms with van der Waals surface area (Å²) in [4.78, 5) is 23.4. The molecule has 1 atom stereocenters. The van der Waals surface area contributed by atoms with Crippen LogP contribution in [-0.4, -0.2) is 11.8 Å². The molecule has 2 aliphatic rings. The van der Waals surface area contributed by atoms with E-state index in [0.717, 1.165) is 35.1 Å². The summed E-state index contributed by atoms with van der Waals surface area (Å²) < 4.78 is 5.17. The SMILES string of the molecule is CC[C@@H]1C(=O)OCc2cc3c(cc21)C(=O)CC3. The largest absolute Gasteiger partial charge is 0.460 e. The van der Waals surface area contributed by atoms with Gasteiger partial charge in [-0.2, -0.15) is 0 Å². The van der Waals surface area contributed by atoms with Crippen LogP contribution in [0.15, 0.2) is 12.1 Å². The summed E-state index contributed by atoms with van der Waals surface area (Å²) in [5.41, 5.74) is 4.00. The zero-order chi connectivity index (χ0) is 12.0. The fraction of sp³-hybridized carbons (Fsp3) is 0.429. The highest BCUT2D eigenvalue weighted by Gasteiger charge is 2.31. The van der Waals surface area contributed by atoms with Crippen molar-refractivity contribution in [2.75, 3.05) is 0 Å². The number of aryl methyl sites for hydroxylation is 1. The van der Waals surface area contributed by atoms with E-state index in [4.69, 9.17) is 4.74 Å². The molecule has 1 aromatic carbocycles. The smallest absolute Gasteiger partial charge is 0.313 e. The first kappa shape index (κ1) is 10.5. The molecule has 17 heavy (non-hydrogen) atoms. The topological polar surface area (TPSA) is 43.4 Å². The number of Topliss-reactive ketones (excluding diaryl/α,β-unsaturated/α-hetero) is 1. The van der Waals surface area contributed by atoms with E-state index in [1.54, 1.807) is 0 Å². The molecule has 0 N–H and O–H groups in total. The Morgan fingerprint density at radius 2 is 2.06 bits per heavy atom. The Balaban J connectivity index is 2.15. The van der Waals surface area contributed by atoms with Gasteiger partial charge >= 0.3 is 5.97 Å². The number of ketones is 1. The summed E-state index contributed by atoms with van der Waals surface area (Å²) in [5, 5.41) is 0. The van der Waals surface area contributed by atoms with Gasteiger partial charge in [-0.25, -0.2) is 0 Å². The van der Waals surface area contributed by atoms with Gasteiger partial charge in [-0.3, -0.25) is 9.59 Å². The molecule has 1 aromatic rings. The predicted molar refractivity (Wildman–Crippen MR) is 61.9 cm³/mol. The fourth-order valence-electron chi connectivity index (χ4n) is 2.77. The number of carbonyl (C=O) groups excluding carboxylic acids is 2. The van der Waals surface area contributed by atoms with Crippen molar-refractivity contribution in [1.29, 1.82) is 0 Å². The molecule has 1 aliphatic heterocycles. The number of fused-ring (bicyclic) bond motifs is 2. The van der Waals surface area contributed by atoms with Crippen LogP contribution < -0.4 is 0 Å². The lowest BCUT2D eigenvalue weighted by Gasteiger charge is -2.24. The average Bonchev–Trinajstić information content (AvgIpc) is 2.68. The monoisotopic (exact) mass is 230 g/mol. The molecule has 3 nitrogen and oxygen atoms in total. The Morgan fingerprint density at radius 1 is 1.24 bits per heavy atom. The highest BCUT2D eigenvalue weighted by Crippen LogP contribution is 2.34. The van der Waals surface area contributed by atoms with E-state index in [1.807, 2.05) is 19.1 Å². The van der Waals surface area contributed by atoms with Crippen LogP contribution in [0.2, 0.25) is 0 Å². The number of rotatable bonds is 1. The lowest BCUT2D eigenvalue weighted by atomic mass is 9.87. The van der Waals surface area contributed by atoms with Crippen LogP contribution in [0.4, 0.5) is 0 Å². The van der Waals surface area contributed by atoms with Gasteiger partial charge in [0.15, 0.2) is 5.78 Å². The lowest BCUT2D eigenvalue weighted by Crippen LogP contribution is -2.23. The third kappa shape index (κ3) is 1.49. The second-order valence-corrected chi connectivity index (χ2v) is 4.70. The van der Waals surface area contributed by atoms with Gasteiger partial charge < -0.3 is 4.74 Å². The van der Waals surface area contributed by atoms with E-state index in [-0.39, 0.29) is 17.7 Å². The Labute approximate surface area is 99.8 Å². The van der Waals surface area contributed by atoms with Crippen LogP contribution in [0.3, 0.4) is 0 Å². The van der Waals surface area contributed by atoms with Crippen molar-refractivity contribution >= 4 is 11.8 Å². The quantitative estimate of drug-likeness (QED) is 0.695. The molecule has 0 spiro atoms. The molecular formula is C14H14O3. The Kier molecular flexibility index (Phi) is 2.28. The van der Waals surface area contributed by atoms with Crippen molar-refractivity contribution < 1.29 is 14.3 Å². The number of cyclic esters (lactones) is 1. The summed E-state index contributed by atoms with van der Waals surface area (Å²) in [6.07, 6.45) is 2.15. The summed E-state index contributed by atoms with van der Waals surface area (Å²) in [6.45, 7) is 2.32. The zero-order valence-corrected chi connectivity index (χ0v) is 9.79. The molecule has 0 amide bonds. The van der Waals surface area contributed by atoms with Crippen LogP contribution in [-0.2, 0) is 22.6 Å². The predicted octanol–water partition coefficient (Wildman–Crippen LogP) is 2.37. The van der Waals surface area contributed by atoms with E-state index in [2.05, 4.69) is 0 Å². The molecule has 0 saturated carbocycles. The van der Waals surface area contributed by atoms with E-state index in [9.17, 15) is 9.59 Å². The van der Waals surface area contributed by atoms with Gasteiger partial charge in [0.25, 0.3) is 0 Å². The van der Waals surface area contributed by atoms with Crippen LogP contribution >= 0.6 is 0 Å². The number of ether oxygens (including phenoxy) is 1. The highest BCUT2D eigenvalue weighted by atomic mass is 16.5. The van der Waals surface area contributed by atoms with E-state index < -0.39 is 0 Å². The molecule has 88 valence electrons. The van der Waals surface area contributed by atoms with Gasteiger partial charge in [0.1, 0.15) is 6.61 Å². The lowest BCUT2D eigenvalue weighted by molar-refractivity contribution is -0.148. The van der Waals surface area contributed by atoms with Crippen LogP contribution in [0.1, 0.15) is 52.7 Å². The van der Waals surface area contributed by atoms with Crippen LogP contribution in [0.25, 0.3) is 0 Å². The van der Waals surface area contributed by atoms with Gasteiger partial charge in [-0.1, -0.05) is 13.0 Å². The Hall–Kier alpha value is -1.64. The van der Waals surface area contributed by atoms with Crippen LogP contribution in [0, 0.1) is 0 Å². The van der Waals surface area contributed by atoms with Crippen molar-refractivity contribution in [3.8, 4) is 0 Å².